The van der Waals surface area contributed by atoms with Crippen LogP contribution in [-0.2, 0) is 18.3 Å². The minimum Gasteiger partial charge on any atom is -0.271 e. The van der Waals surface area contributed by atoms with E-state index in [0.29, 0.717) is 30.1 Å². The molecular formula is C26H26N6O. The van der Waals surface area contributed by atoms with Crippen molar-refractivity contribution >= 4 is 5.78 Å². The molecule has 1 N–H and O–H groups in total. The van der Waals surface area contributed by atoms with Crippen LogP contribution in [0.3, 0.4) is 0 Å². The average Bonchev–Trinajstić information content (AvgIpc) is 3.45. The number of hydrogen-bond acceptors (Lipinski definition) is 4. The quantitative estimate of drug-likeness (QED) is 0.442. The molecule has 0 saturated carbocycles. The van der Waals surface area contributed by atoms with E-state index in [2.05, 4.69) is 53.1 Å². The highest BCUT2D eigenvalue weighted by Gasteiger charge is 2.15. The normalized spacial score (nSPS) is 11.8. The maximum Gasteiger partial charge on any atom is 0.274 e. The highest BCUT2D eigenvalue weighted by molar-refractivity contribution is 5.57. The maximum absolute atomic E-state index is 12.7. The summed E-state index contributed by atoms with van der Waals surface area (Å²) in [7, 11) is 0. The van der Waals surface area contributed by atoms with Gasteiger partial charge in [-0.15, -0.1) is 0 Å². The predicted molar refractivity (Wildman–Crippen MR) is 129 cm³/mol. The number of benzene rings is 2. The Balaban J connectivity index is 1.39. The van der Waals surface area contributed by atoms with Gasteiger partial charge in [0.15, 0.2) is 5.82 Å². The van der Waals surface area contributed by atoms with E-state index in [9.17, 15) is 4.79 Å². The van der Waals surface area contributed by atoms with Gasteiger partial charge in [-0.25, -0.2) is 9.67 Å². The van der Waals surface area contributed by atoms with E-state index in [4.69, 9.17) is 0 Å². The molecule has 166 valence electrons. The van der Waals surface area contributed by atoms with E-state index in [-0.39, 0.29) is 11.0 Å². The Hall–Kier alpha value is -4.00. The van der Waals surface area contributed by atoms with E-state index >= 15 is 0 Å². The zero-order chi connectivity index (χ0) is 23.0. The molecule has 0 saturated heterocycles. The standard InChI is InChI=1S/C26H26N6O/c1-26(2,3)19-11-9-18(10-12-19)24-29-25-28-20(17-23(33)32(25)30-24)13-14-22-15-16-27-31(22)21-7-5-4-6-8-21/h4-12,15-17H,13-14H2,1-3H3,(H,28,29,30). The van der Waals surface area contributed by atoms with Gasteiger partial charge in [-0.3, -0.25) is 9.89 Å². The monoisotopic (exact) mass is 438 g/mol. The lowest BCUT2D eigenvalue weighted by molar-refractivity contribution is 0.590. The van der Waals surface area contributed by atoms with Gasteiger partial charge in [0.25, 0.3) is 11.3 Å². The van der Waals surface area contributed by atoms with Gasteiger partial charge in [0.05, 0.1) is 11.4 Å². The molecule has 0 aliphatic heterocycles. The van der Waals surface area contributed by atoms with Crippen LogP contribution in [0.25, 0.3) is 22.9 Å². The molecule has 0 spiro atoms. The Morgan fingerprint density at radius 1 is 0.909 bits per heavy atom. The second-order valence-corrected chi connectivity index (χ2v) is 9.19. The summed E-state index contributed by atoms with van der Waals surface area (Å²) >= 11 is 0. The molecule has 0 bridgehead atoms. The lowest BCUT2D eigenvalue weighted by Gasteiger charge is -2.18. The second-order valence-electron chi connectivity index (χ2n) is 9.19. The molecule has 0 unspecified atom stereocenters. The van der Waals surface area contributed by atoms with Crippen molar-refractivity contribution in [2.24, 2.45) is 0 Å². The van der Waals surface area contributed by atoms with E-state index < -0.39 is 0 Å². The van der Waals surface area contributed by atoms with E-state index in [1.54, 1.807) is 12.3 Å². The summed E-state index contributed by atoms with van der Waals surface area (Å²) < 4.78 is 3.31. The number of fused-ring (bicyclic) bond motifs is 1. The van der Waals surface area contributed by atoms with Gasteiger partial charge in [-0.1, -0.05) is 63.2 Å². The van der Waals surface area contributed by atoms with Crippen LogP contribution in [0.2, 0.25) is 0 Å². The van der Waals surface area contributed by atoms with Crippen LogP contribution in [-0.4, -0.2) is 29.4 Å². The van der Waals surface area contributed by atoms with Gasteiger partial charge in [-0.2, -0.15) is 14.6 Å². The molecule has 7 nitrogen and oxygen atoms in total. The Kier molecular flexibility index (Phi) is 5.17. The molecule has 5 aromatic rings. The molecule has 0 aliphatic carbocycles. The molecule has 5 rings (SSSR count). The lowest BCUT2D eigenvalue weighted by Crippen LogP contribution is -2.16. The van der Waals surface area contributed by atoms with Crippen LogP contribution in [0, 0.1) is 0 Å². The SMILES string of the molecule is CC(C)(C)c1ccc(-c2nc3nc(CCc4ccnn4-c4ccccc4)cc(=O)n3[nH]2)cc1. The van der Waals surface area contributed by atoms with E-state index in [0.717, 1.165) is 16.9 Å². The molecule has 3 heterocycles. The van der Waals surface area contributed by atoms with Crippen molar-refractivity contribution in [2.75, 3.05) is 0 Å². The molecule has 0 amide bonds. The highest BCUT2D eigenvalue weighted by Crippen LogP contribution is 2.25. The zero-order valence-corrected chi connectivity index (χ0v) is 19.0. The first kappa shape index (κ1) is 20.9. The van der Waals surface area contributed by atoms with Crippen LogP contribution in [0.1, 0.15) is 37.7 Å². The van der Waals surface area contributed by atoms with Crippen LogP contribution in [0.4, 0.5) is 0 Å². The topological polar surface area (TPSA) is 80.9 Å². The van der Waals surface area contributed by atoms with Crippen molar-refractivity contribution in [3.05, 3.63) is 100 Å². The number of nitrogens with zero attached hydrogens (tertiary/aromatic N) is 5. The third-order valence-electron chi connectivity index (χ3n) is 5.77. The van der Waals surface area contributed by atoms with E-state index in [1.165, 1.54) is 10.1 Å². The first-order valence-corrected chi connectivity index (χ1v) is 11.1. The summed E-state index contributed by atoms with van der Waals surface area (Å²) in [4.78, 5) is 21.9. The van der Waals surface area contributed by atoms with Crippen molar-refractivity contribution in [1.29, 1.82) is 0 Å². The number of aromatic nitrogens is 6. The number of hydrogen-bond donors (Lipinski definition) is 1. The molecule has 0 radical (unpaired) electrons. The Morgan fingerprint density at radius 3 is 2.39 bits per heavy atom. The fraction of sp³-hybridized carbons (Fsp3) is 0.231. The van der Waals surface area contributed by atoms with Crippen molar-refractivity contribution in [1.82, 2.24) is 29.4 Å². The van der Waals surface area contributed by atoms with Crippen LogP contribution < -0.4 is 5.56 Å². The number of para-hydroxylation sites is 1. The number of rotatable bonds is 5. The Morgan fingerprint density at radius 2 is 1.67 bits per heavy atom. The lowest BCUT2D eigenvalue weighted by atomic mass is 9.87. The van der Waals surface area contributed by atoms with Crippen LogP contribution in [0.5, 0.6) is 0 Å². The van der Waals surface area contributed by atoms with Crippen molar-refractivity contribution in [3.8, 4) is 17.1 Å². The van der Waals surface area contributed by atoms with Gasteiger partial charge in [-0.05, 0) is 42.0 Å². The van der Waals surface area contributed by atoms with Gasteiger partial charge < -0.3 is 0 Å². The second kappa shape index (κ2) is 8.16. The molecule has 0 aliphatic rings. The summed E-state index contributed by atoms with van der Waals surface area (Å²) in [5, 5.41) is 7.52. The average molecular weight is 439 g/mol. The first-order chi connectivity index (χ1) is 15.9. The molecule has 3 aromatic heterocycles. The molecule has 33 heavy (non-hydrogen) atoms. The number of H-pyrrole nitrogens is 1. The summed E-state index contributed by atoms with van der Waals surface area (Å²) in [5.41, 5.74) is 4.85. The minimum absolute atomic E-state index is 0.0791. The maximum atomic E-state index is 12.7. The first-order valence-electron chi connectivity index (χ1n) is 11.1. The van der Waals surface area contributed by atoms with Gasteiger partial charge in [0.1, 0.15) is 0 Å². The van der Waals surface area contributed by atoms with Crippen molar-refractivity contribution in [2.45, 2.75) is 39.0 Å². The van der Waals surface area contributed by atoms with Gasteiger partial charge >= 0.3 is 0 Å². The third-order valence-corrected chi connectivity index (χ3v) is 5.77. The number of aryl methyl sites for hydroxylation is 2. The summed E-state index contributed by atoms with van der Waals surface area (Å²) in [6.07, 6.45) is 3.12. The van der Waals surface area contributed by atoms with Crippen LogP contribution >= 0.6 is 0 Å². The van der Waals surface area contributed by atoms with Crippen LogP contribution in [0.15, 0.2) is 77.7 Å². The molecule has 2 aromatic carbocycles. The smallest absolute Gasteiger partial charge is 0.271 e. The molecule has 0 fully saturated rings. The van der Waals surface area contributed by atoms with Crippen molar-refractivity contribution in [3.63, 3.8) is 0 Å². The molecule has 7 heteroatoms. The number of nitrogens with one attached hydrogen (secondary N) is 1. The van der Waals surface area contributed by atoms with E-state index in [1.807, 2.05) is 53.2 Å². The largest absolute Gasteiger partial charge is 0.274 e. The highest BCUT2D eigenvalue weighted by atomic mass is 16.1. The summed E-state index contributed by atoms with van der Waals surface area (Å²) in [5.74, 6) is 1.00. The van der Waals surface area contributed by atoms with Gasteiger partial charge in [0, 0.05) is 23.5 Å². The Labute approximate surface area is 191 Å². The molecule has 0 atom stereocenters. The Bertz CT molecular complexity index is 1450. The summed E-state index contributed by atoms with van der Waals surface area (Å²) in [6, 6.07) is 21.8. The zero-order valence-electron chi connectivity index (χ0n) is 19.0. The summed E-state index contributed by atoms with van der Waals surface area (Å²) in [6.45, 7) is 6.54. The van der Waals surface area contributed by atoms with Gasteiger partial charge in [0.2, 0.25) is 0 Å². The fourth-order valence-electron chi connectivity index (χ4n) is 3.89. The minimum atomic E-state index is -0.170. The molecular weight excluding hydrogens is 412 g/mol. The fourth-order valence-corrected chi connectivity index (χ4v) is 3.89. The number of aromatic amines is 1. The van der Waals surface area contributed by atoms with Crippen molar-refractivity contribution < 1.29 is 0 Å². The third kappa shape index (κ3) is 4.22. The predicted octanol–water partition coefficient (Wildman–Crippen LogP) is 4.35.